The number of pyridine rings is 1. The Kier molecular flexibility index (Phi) is 1.94. The topological polar surface area (TPSA) is 58.9 Å². The van der Waals surface area contributed by atoms with Crippen LogP contribution in [0.1, 0.15) is 0 Å². The zero-order valence-corrected chi connectivity index (χ0v) is 7.71. The van der Waals surface area contributed by atoms with Crippen LogP contribution in [0.25, 0.3) is 11.0 Å². The number of nitrogens with zero attached hydrogens (tertiary/aromatic N) is 3. The molecule has 2 rings (SSSR count). The second-order valence-corrected chi connectivity index (χ2v) is 3.04. The molecule has 0 saturated heterocycles. The van der Waals surface area contributed by atoms with E-state index >= 15 is 0 Å². The van der Waals surface area contributed by atoms with Gasteiger partial charge in [-0.05, 0) is 23.7 Å². The minimum Gasteiger partial charge on any atom is -0.492 e. The summed E-state index contributed by atoms with van der Waals surface area (Å²) in [5.74, 6) is -0.266. The lowest BCUT2D eigenvalue weighted by atomic mass is 10.3. The van der Waals surface area contributed by atoms with E-state index < -0.39 is 0 Å². The molecule has 0 aromatic carbocycles. The van der Waals surface area contributed by atoms with Crippen LogP contribution in [0, 0.1) is 0 Å². The van der Waals surface area contributed by atoms with Crippen molar-refractivity contribution in [1.82, 2.24) is 15.0 Å². The first-order chi connectivity index (χ1) is 6.16. The molecule has 66 valence electrons. The Bertz CT molecular complexity index is 474. The first-order valence-corrected chi connectivity index (χ1v) is 4.11. The molecule has 0 aliphatic carbocycles. The molecule has 0 atom stereocenters. The van der Waals surface area contributed by atoms with Crippen molar-refractivity contribution in [3.8, 4) is 5.88 Å². The molecule has 0 aliphatic heterocycles. The van der Waals surface area contributed by atoms with Crippen LogP contribution in [-0.4, -0.2) is 20.1 Å². The highest BCUT2D eigenvalue weighted by Crippen LogP contribution is 2.22. The fourth-order valence-electron chi connectivity index (χ4n) is 0.947. The molecule has 0 unspecified atom stereocenters. The van der Waals surface area contributed by atoms with Crippen molar-refractivity contribution < 1.29 is 5.11 Å². The molecule has 0 spiro atoms. The summed E-state index contributed by atoms with van der Waals surface area (Å²) in [5.41, 5.74) is 0.707. The third-order valence-electron chi connectivity index (χ3n) is 1.46. The SMILES string of the molecule is Oc1nc(Cl)nc2ccc(Cl)nc12. The first-order valence-electron chi connectivity index (χ1n) is 3.35. The van der Waals surface area contributed by atoms with Crippen molar-refractivity contribution in [2.45, 2.75) is 0 Å². The summed E-state index contributed by atoms with van der Waals surface area (Å²) in [6, 6.07) is 3.17. The molecular formula is C7H3Cl2N3O. The summed E-state index contributed by atoms with van der Waals surface area (Å²) in [7, 11) is 0. The van der Waals surface area contributed by atoms with E-state index in [4.69, 9.17) is 23.2 Å². The summed E-state index contributed by atoms with van der Waals surface area (Å²) < 4.78 is 0. The van der Waals surface area contributed by atoms with Crippen molar-refractivity contribution in [3.63, 3.8) is 0 Å². The number of aromatic hydroxyl groups is 1. The predicted octanol–water partition coefficient (Wildman–Crippen LogP) is 2.04. The van der Waals surface area contributed by atoms with E-state index in [2.05, 4.69) is 15.0 Å². The molecule has 6 heteroatoms. The van der Waals surface area contributed by atoms with E-state index in [0.717, 1.165) is 0 Å². The Hall–Kier alpha value is -1.13. The summed E-state index contributed by atoms with van der Waals surface area (Å²) in [4.78, 5) is 11.2. The normalized spacial score (nSPS) is 10.6. The standard InChI is InChI=1S/C7H3Cl2N3O/c8-4-2-1-3-5(11-4)6(13)12-7(9)10-3/h1-2H,(H,10,12,13). The van der Waals surface area contributed by atoms with Gasteiger partial charge in [-0.25, -0.2) is 9.97 Å². The first kappa shape index (κ1) is 8.47. The lowest BCUT2D eigenvalue weighted by molar-refractivity contribution is 0.458. The van der Waals surface area contributed by atoms with Gasteiger partial charge in [0.15, 0.2) is 5.52 Å². The number of fused-ring (bicyclic) bond motifs is 1. The van der Waals surface area contributed by atoms with Crippen LogP contribution >= 0.6 is 23.2 Å². The van der Waals surface area contributed by atoms with Gasteiger partial charge in [-0.15, -0.1) is 0 Å². The van der Waals surface area contributed by atoms with Crippen LogP contribution in [0.2, 0.25) is 10.4 Å². The Labute approximate surface area is 83.2 Å². The van der Waals surface area contributed by atoms with Crippen molar-refractivity contribution >= 4 is 34.2 Å². The highest BCUT2D eigenvalue weighted by Gasteiger charge is 2.06. The lowest BCUT2D eigenvalue weighted by Crippen LogP contribution is -1.88. The molecule has 4 nitrogen and oxygen atoms in total. The second-order valence-electron chi connectivity index (χ2n) is 2.32. The Morgan fingerprint density at radius 1 is 1.08 bits per heavy atom. The number of rotatable bonds is 0. The molecule has 0 amide bonds. The van der Waals surface area contributed by atoms with Gasteiger partial charge in [0.05, 0.1) is 5.52 Å². The second kappa shape index (κ2) is 2.97. The third-order valence-corrected chi connectivity index (χ3v) is 1.84. The van der Waals surface area contributed by atoms with Crippen molar-refractivity contribution in [2.75, 3.05) is 0 Å². The quantitative estimate of drug-likeness (QED) is 0.540. The van der Waals surface area contributed by atoms with Crippen LogP contribution in [0.3, 0.4) is 0 Å². The molecule has 0 aliphatic rings. The predicted molar refractivity (Wildman–Crippen MR) is 49.0 cm³/mol. The summed E-state index contributed by atoms with van der Waals surface area (Å²) >= 11 is 11.1. The largest absolute Gasteiger partial charge is 0.492 e. The van der Waals surface area contributed by atoms with Crippen LogP contribution in [0.4, 0.5) is 0 Å². The average Bonchev–Trinajstić information content (AvgIpc) is 2.06. The van der Waals surface area contributed by atoms with Gasteiger partial charge in [0, 0.05) is 0 Å². The fourth-order valence-corrected chi connectivity index (χ4v) is 1.27. The van der Waals surface area contributed by atoms with Crippen LogP contribution in [0.5, 0.6) is 5.88 Å². The zero-order valence-electron chi connectivity index (χ0n) is 6.20. The van der Waals surface area contributed by atoms with E-state index in [1.54, 1.807) is 12.1 Å². The Morgan fingerprint density at radius 3 is 2.62 bits per heavy atom. The van der Waals surface area contributed by atoms with E-state index in [9.17, 15) is 5.11 Å². The minimum absolute atomic E-state index is 0.0193. The summed E-state index contributed by atoms with van der Waals surface area (Å²) in [6.07, 6.45) is 0. The average molecular weight is 216 g/mol. The fraction of sp³-hybridized carbons (Fsp3) is 0. The molecule has 2 aromatic rings. The van der Waals surface area contributed by atoms with Crippen molar-refractivity contribution in [1.29, 1.82) is 0 Å². The number of halogens is 2. The van der Waals surface area contributed by atoms with Gasteiger partial charge in [-0.3, -0.25) is 0 Å². The van der Waals surface area contributed by atoms with E-state index in [1.165, 1.54) is 0 Å². The maximum atomic E-state index is 9.32. The monoisotopic (exact) mass is 215 g/mol. The Morgan fingerprint density at radius 2 is 1.85 bits per heavy atom. The van der Waals surface area contributed by atoms with Crippen LogP contribution < -0.4 is 0 Å². The van der Waals surface area contributed by atoms with E-state index in [-0.39, 0.29) is 21.8 Å². The Balaban J connectivity index is 2.87. The zero-order chi connectivity index (χ0) is 9.42. The molecule has 13 heavy (non-hydrogen) atoms. The van der Waals surface area contributed by atoms with E-state index in [0.29, 0.717) is 5.52 Å². The molecule has 0 saturated carbocycles. The van der Waals surface area contributed by atoms with Crippen molar-refractivity contribution in [3.05, 3.63) is 22.6 Å². The van der Waals surface area contributed by atoms with Gasteiger partial charge in [-0.2, -0.15) is 4.98 Å². The third kappa shape index (κ3) is 1.50. The molecule has 1 N–H and O–H groups in total. The molecule has 0 bridgehead atoms. The van der Waals surface area contributed by atoms with Gasteiger partial charge >= 0.3 is 0 Å². The lowest BCUT2D eigenvalue weighted by Gasteiger charge is -1.98. The van der Waals surface area contributed by atoms with Gasteiger partial charge in [0.25, 0.3) is 0 Å². The molecule has 0 radical (unpaired) electrons. The van der Waals surface area contributed by atoms with E-state index in [1.807, 2.05) is 0 Å². The van der Waals surface area contributed by atoms with Crippen LogP contribution in [-0.2, 0) is 0 Å². The highest BCUT2D eigenvalue weighted by atomic mass is 35.5. The molecule has 2 heterocycles. The summed E-state index contributed by atoms with van der Waals surface area (Å²) in [6.45, 7) is 0. The van der Waals surface area contributed by atoms with Gasteiger partial charge in [-0.1, -0.05) is 11.6 Å². The van der Waals surface area contributed by atoms with Crippen molar-refractivity contribution in [2.24, 2.45) is 0 Å². The highest BCUT2D eigenvalue weighted by molar-refractivity contribution is 6.30. The number of hydrogen-bond acceptors (Lipinski definition) is 4. The van der Waals surface area contributed by atoms with Gasteiger partial charge in [0.2, 0.25) is 11.2 Å². The molecule has 2 aromatic heterocycles. The van der Waals surface area contributed by atoms with Crippen LogP contribution in [0.15, 0.2) is 12.1 Å². The molecule has 0 fully saturated rings. The number of aromatic nitrogens is 3. The van der Waals surface area contributed by atoms with Gasteiger partial charge < -0.3 is 5.11 Å². The summed E-state index contributed by atoms with van der Waals surface area (Å²) in [5, 5.41) is 9.57. The smallest absolute Gasteiger partial charge is 0.242 e. The minimum atomic E-state index is -0.266. The number of hydrogen-bond donors (Lipinski definition) is 1. The maximum Gasteiger partial charge on any atom is 0.242 e. The maximum absolute atomic E-state index is 9.32. The van der Waals surface area contributed by atoms with Gasteiger partial charge in [0.1, 0.15) is 5.15 Å². The molecular weight excluding hydrogens is 213 g/mol.